The Kier molecular flexibility index (Phi) is 6.65. The number of anilines is 1. The Morgan fingerprint density at radius 2 is 1.61 bits per heavy atom. The average molecular weight is 439 g/mol. The van der Waals surface area contributed by atoms with E-state index in [2.05, 4.69) is 4.72 Å². The summed E-state index contributed by atoms with van der Waals surface area (Å²) in [5.74, 6) is 0.561. The third-order valence-corrected chi connectivity index (χ3v) is 6.57. The van der Waals surface area contributed by atoms with E-state index in [-0.39, 0.29) is 10.8 Å². The Labute approximate surface area is 183 Å². The van der Waals surface area contributed by atoms with Crippen molar-refractivity contribution in [1.82, 2.24) is 4.90 Å². The van der Waals surface area contributed by atoms with Gasteiger partial charge in [-0.15, -0.1) is 0 Å². The van der Waals surface area contributed by atoms with Gasteiger partial charge in [-0.3, -0.25) is 9.52 Å². The van der Waals surface area contributed by atoms with Crippen molar-refractivity contribution in [2.45, 2.75) is 25.3 Å². The molecule has 0 heterocycles. The predicted octanol–water partition coefficient (Wildman–Crippen LogP) is 4.39. The normalized spacial score (nSPS) is 11.1. The Bertz CT molecular complexity index is 1170. The fourth-order valence-corrected chi connectivity index (χ4v) is 4.26. The molecule has 0 fully saturated rings. The molecule has 0 aliphatic heterocycles. The molecule has 1 N–H and O–H groups in total. The summed E-state index contributed by atoms with van der Waals surface area (Å²) >= 11 is 0. The molecule has 0 saturated heterocycles. The van der Waals surface area contributed by atoms with E-state index < -0.39 is 10.0 Å². The van der Waals surface area contributed by atoms with Crippen molar-refractivity contribution in [2.75, 3.05) is 18.9 Å². The van der Waals surface area contributed by atoms with Crippen LogP contribution in [0.3, 0.4) is 0 Å². The molecule has 0 unspecified atom stereocenters. The van der Waals surface area contributed by atoms with Crippen molar-refractivity contribution in [2.24, 2.45) is 0 Å². The second-order valence-electron chi connectivity index (χ2n) is 7.39. The summed E-state index contributed by atoms with van der Waals surface area (Å²) in [5, 5.41) is 0. The van der Waals surface area contributed by atoms with Crippen LogP contribution < -0.4 is 9.46 Å². The lowest BCUT2D eigenvalue weighted by Crippen LogP contribution is -2.26. The summed E-state index contributed by atoms with van der Waals surface area (Å²) in [5.41, 5.74) is 3.80. The van der Waals surface area contributed by atoms with E-state index in [0.717, 1.165) is 22.4 Å². The van der Waals surface area contributed by atoms with Crippen molar-refractivity contribution < 1.29 is 17.9 Å². The van der Waals surface area contributed by atoms with Gasteiger partial charge < -0.3 is 9.64 Å². The smallest absolute Gasteiger partial charge is 0.261 e. The van der Waals surface area contributed by atoms with Crippen LogP contribution >= 0.6 is 0 Å². The first-order chi connectivity index (χ1) is 14.7. The number of nitrogens with one attached hydrogen (secondary N) is 1. The van der Waals surface area contributed by atoms with Crippen LogP contribution in [0.1, 0.15) is 27.0 Å². The number of ether oxygens (including phenoxy) is 1. The van der Waals surface area contributed by atoms with E-state index in [9.17, 15) is 13.2 Å². The number of hydrogen-bond acceptors (Lipinski definition) is 4. The van der Waals surface area contributed by atoms with Crippen molar-refractivity contribution in [1.29, 1.82) is 0 Å². The summed E-state index contributed by atoms with van der Waals surface area (Å²) in [6.07, 6.45) is 0. The number of benzene rings is 3. The molecule has 0 aliphatic rings. The molecule has 31 heavy (non-hydrogen) atoms. The molecule has 0 atom stereocenters. The Hall–Kier alpha value is -3.32. The predicted molar refractivity (Wildman–Crippen MR) is 122 cm³/mol. The molecule has 3 aromatic carbocycles. The number of nitrogens with zero attached hydrogens (tertiary/aromatic N) is 1. The van der Waals surface area contributed by atoms with E-state index in [1.165, 1.54) is 24.3 Å². The van der Waals surface area contributed by atoms with Crippen LogP contribution in [-0.2, 0) is 16.6 Å². The molecule has 1 amide bonds. The highest BCUT2D eigenvalue weighted by molar-refractivity contribution is 7.92. The number of carbonyl (C=O) groups excluding carboxylic acids is 1. The van der Waals surface area contributed by atoms with Crippen molar-refractivity contribution in [3.05, 3.63) is 89.0 Å². The number of rotatable bonds is 7. The molecule has 3 rings (SSSR count). The quantitative estimate of drug-likeness (QED) is 0.594. The fraction of sp³-hybridized carbons (Fsp3) is 0.208. The van der Waals surface area contributed by atoms with Gasteiger partial charge in [-0.2, -0.15) is 0 Å². The zero-order valence-electron chi connectivity index (χ0n) is 18.0. The van der Waals surface area contributed by atoms with Gasteiger partial charge in [0.1, 0.15) is 5.75 Å². The first-order valence-electron chi connectivity index (χ1n) is 9.79. The minimum Gasteiger partial charge on any atom is -0.497 e. The molecule has 0 spiro atoms. The minimum absolute atomic E-state index is 0.0998. The Morgan fingerprint density at radius 3 is 2.23 bits per heavy atom. The van der Waals surface area contributed by atoms with Crippen molar-refractivity contribution in [3.63, 3.8) is 0 Å². The molecule has 162 valence electrons. The standard InChI is InChI=1S/C24H26N2O4S/c1-17-6-5-7-23(18(17)2)25-31(28,29)22-14-10-20(11-15-22)24(27)26(3)16-19-8-12-21(30-4)13-9-19/h5-15,25H,16H2,1-4H3. The molecular formula is C24H26N2O4S. The molecule has 0 aromatic heterocycles. The molecule has 0 bridgehead atoms. The minimum atomic E-state index is -3.76. The van der Waals surface area contributed by atoms with Crippen LogP contribution in [0.15, 0.2) is 71.6 Å². The first kappa shape index (κ1) is 22.4. The maximum atomic E-state index is 12.8. The van der Waals surface area contributed by atoms with Crippen LogP contribution in [-0.4, -0.2) is 33.4 Å². The van der Waals surface area contributed by atoms with E-state index >= 15 is 0 Å². The summed E-state index contributed by atoms with van der Waals surface area (Å²) in [6.45, 7) is 4.22. The van der Waals surface area contributed by atoms with Crippen LogP contribution in [0, 0.1) is 13.8 Å². The van der Waals surface area contributed by atoms with Gasteiger partial charge in [-0.05, 0) is 73.0 Å². The van der Waals surface area contributed by atoms with E-state index in [1.54, 1.807) is 31.2 Å². The largest absolute Gasteiger partial charge is 0.497 e. The van der Waals surface area contributed by atoms with E-state index in [4.69, 9.17) is 4.74 Å². The lowest BCUT2D eigenvalue weighted by molar-refractivity contribution is 0.0785. The summed E-state index contributed by atoms with van der Waals surface area (Å²) in [6, 6.07) is 18.9. The second-order valence-corrected chi connectivity index (χ2v) is 9.07. The van der Waals surface area contributed by atoms with Gasteiger partial charge >= 0.3 is 0 Å². The highest BCUT2D eigenvalue weighted by Gasteiger charge is 2.18. The summed E-state index contributed by atoms with van der Waals surface area (Å²) in [7, 11) is -0.446. The maximum Gasteiger partial charge on any atom is 0.261 e. The van der Waals surface area contributed by atoms with Gasteiger partial charge in [0, 0.05) is 19.2 Å². The van der Waals surface area contributed by atoms with Crippen molar-refractivity contribution >= 4 is 21.6 Å². The fourth-order valence-electron chi connectivity index (χ4n) is 3.14. The molecule has 3 aromatic rings. The Balaban J connectivity index is 1.72. The average Bonchev–Trinajstić information content (AvgIpc) is 2.77. The third kappa shape index (κ3) is 5.24. The summed E-state index contributed by atoms with van der Waals surface area (Å²) < 4.78 is 33.3. The highest BCUT2D eigenvalue weighted by atomic mass is 32.2. The van der Waals surface area contributed by atoms with E-state index in [0.29, 0.717) is 17.8 Å². The van der Waals surface area contributed by atoms with Gasteiger partial charge in [0.2, 0.25) is 0 Å². The topological polar surface area (TPSA) is 75.7 Å². The van der Waals surface area contributed by atoms with Gasteiger partial charge in [0.25, 0.3) is 15.9 Å². The number of aryl methyl sites for hydroxylation is 1. The molecule has 6 nitrogen and oxygen atoms in total. The monoisotopic (exact) mass is 438 g/mol. The third-order valence-electron chi connectivity index (χ3n) is 5.19. The lowest BCUT2D eigenvalue weighted by atomic mass is 10.1. The molecular weight excluding hydrogens is 412 g/mol. The molecule has 0 saturated carbocycles. The van der Waals surface area contributed by atoms with Crippen LogP contribution in [0.25, 0.3) is 0 Å². The molecule has 7 heteroatoms. The SMILES string of the molecule is COc1ccc(CN(C)C(=O)c2ccc(S(=O)(=O)Nc3cccc(C)c3C)cc2)cc1. The van der Waals surface area contributed by atoms with Gasteiger partial charge in [-0.25, -0.2) is 8.42 Å². The van der Waals surface area contributed by atoms with Gasteiger partial charge in [0.15, 0.2) is 0 Å². The zero-order valence-corrected chi connectivity index (χ0v) is 18.9. The van der Waals surface area contributed by atoms with E-state index in [1.807, 2.05) is 44.2 Å². The molecule has 0 radical (unpaired) electrons. The zero-order chi connectivity index (χ0) is 22.6. The first-order valence-corrected chi connectivity index (χ1v) is 11.3. The number of methoxy groups -OCH3 is 1. The maximum absolute atomic E-state index is 12.8. The lowest BCUT2D eigenvalue weighted by Gasteiger charge is -2.18. The number of sulfonamides is 1. The highest BCUT2D eigenvalue weighted by Crippen LogP contribution is 2.22. The second kappa shape index (κ2) is 9.22. The van der Waals surface area contributed by atoms with Crippen molar-refractivity contribution in [3.8, 4) is 5.75 Å². The van der Waals surface area contributed by atoms with Gasteiger partial charge in [-0.1, -0.05) is 24.3 Å². The number of amides is 1. The van der Waals surface area contributed by atoms with Crippen LogP contribution in [0.4, 0.5) is 5.69 Å². The summed E-state index contributed by atoms with van der Waals surface area (Å²) in [4.78, 5) is 14.4. The number of hydrogen-bond donors (Lipinski definition) is 1. The molecule has 0 aliphatic carbocycles. The van der Waals surface area contributed by atoms with Crippen LogP contribution in [0.2, 0.25) is 0 Å². The van der Waals surface area contributed by atoms with Gasteiger partial charge in [0.05, 0.1) is 17.7 Å². The van der Waals surface area contributed by atoms with Crippen LogP contribution in [0.5, 0.6) is 5.75 Å². The Morgan fingerprint density at radius 1 is 0.968 bits per heavy atom. The number of carbonyl (C=O) groups is 1.